The van der Waals surface area contributed by atoms with Gasteiger partial charge >= 0.3 is 0 Å². The number of aldehydes is 1. The van der Waals surface area contributed by atoms with Gasteiger partial charge in [-0.3, -0.25) is 9.48 Å². The van der Waals surface area contributed by atoms with Crippen LogP contribution < -0.4 is 0 Å². The lowest BCUT2D eigenvalue weighted by Gasteiger charge is -1.92. The van der Waals surface area contributed by atoms with Crippen molar-refractivity contribution in [2.45, 2.75) is 13.8 Å². The fourth-order valence-electron chi connectivity index (χ4n) is 1.50. The molecule has 0 aromatic carbocycles. The van der Waals surface area contributed by atoms with Gasteiger partial charge in [-0.1, -0.05) is 0 Å². The molecule has 0 aliphatic carbocycles. The van der Waals surface area contributed by atoms with Crippen LogP contribution in [0.15, 0.2) is 4.42 Å². The van der Waals surface area contributed by atoms with Crippen molar-refractivity contribution in [1.82, 2.24) is 9.78 Å². The summed E-state index contributed by atoms with van der Waals surface area (Å²) in [5.74, 6) is 0.376. The van der Waals surface area contributed by atoms with E-state index in [1.165, 1.54) is 0 Å². The van der Waals surface area contributed by atoms with E-state index in [1.807, 2.05) is 20.9 Å². The number of aromatic nitrogens is 2. The molecule has 0 N–H and O–H groups in total. The lowest BCUT2D eigenvalue weighted by molar-refractivity contribution is 0.110. The van der Waals surface area contributed by atoms with Gasteiger partial charge in [0.25, 0.3) is 0 Å². The summed E-state index contributed by atoms with van der Waals surface area (Å²) < 4.78 is 7.00. The quantitative estimate of drug-likeness (QED) is 0.623. The molecule has 0 bridgehead atoms. The van der Waals surface area contributed by atoms with Crippen LogP contribution in [0.1, 0.15) is 21.8 Å². The Morgan fingerprint density at radius 3 is 2.69 bits per heavy atom. The second-order valence-electron chi connectivity index (χ2n) is 3.10. The molecule has 2 aromatic heterocycles. The van der Waals surface area contributed by atoms with E-state index in [-0.39, 0.29) is 0 Å². The number of aryl methyl sites for hydroxylation is 3. The number of nitrogens with zero attached hydrogens (tertiary/aromatic N) is 2. The van der Waals surface area contributed by atoms with Gasteiger partial charge in [-0.2, -0.15) is 0 Å². The monoisotopic (exact) mass is 178 g/mol. The second-order valence-corrected chi connectivity index (χ2v) is 3.10. The number of rotatable bonds is 1. The normalized spacial score (nSPS) is 11.0. The molecule has 4 nitrogen and oxygen atoms in total. The predicted octanol–water partition coefficient (Wildman–Crippen LogP) is 1.60. The van der Waals surface area contributed by atoms with Crippen LogP contribution in [0, 0.1) is 13.8 Å². The summed E-state index contributed by atoms with van der Waals surface area (Å²) in [6, 6.07) is 0. The summed E-state index contributed by atoms with van der Waals surface area (Å²) in [7, 11) is 1.85. The van der Waals surface area contributed by atoms with E-state index in [2.05, 4.69) is 5.10 Å². The van der Waals surface area contributed by atoms with Crippen LogP contribution in [-0.4, -0.2) is 16.1 Å². The van der Waals surface area contributed by atoms with Crippen LogP contribution in [0.2, 0.25) is 0 Å². The molecule has 4 heteroatoms. The van der Waals surface area contributed by atoms with Crippen LogP contribution in [0.4, 0.5) is 0 Å². The Kier molecular flexibility index (Phi) is 1.52. The Hall–Kier alpha value is -1.58. The molecule has 0 radical (unpaired) electrons. The van der Waals surface area contributed by atoms with Gasteiger partial charge in [-0.05, 0) is 13.8 Å². The SMILES string of the molecule is Cc1c(C=O)oc2nn(C)c(C)c12. The number of furan rings is 1. The Morgan fingerprint density at radius 1 is 1.46 bits per heavy atom. The Morgan fingerprint density at radius 2 is 2.15 bits per heavy atom. The zero-order valence-electron chi connectivity index (χ0n) is 7.79. The maximum absolute atomic E-state index is 10.6. The molecule has 0 saturated carbocycles. The first-order chi connectivity index (χ1) is 6.15. The molecule has 2 rings (SSSR count). The summed E-state index contributed by atoms with van der Waals surface area (Å²) >= 11 is 0. The number of carbonyl (C=O) groups is 1. The van der Waals surface area contributed by atoms with Crippen LogP contribution >= 0.6 is 0 Å². The second kappa shape index (κ2) is 2.45. The van der Waals surface area contributed by atoms with Crippen LogP contribution in [0.5, 0.6) is 0 Å². The van der Waals surface area contributed by atoms with Crippen molar-refractivity contribution in [3.63, 3.8) is 0 Å². The topological polar surface area (TPSA) is 48.0 Å². The maximum atomic E-state index is 10.6. The summed E-state index contributed by atoms with van der Waals surface area (Å²) in [6.07, 6.45) is 0.719. The molecule has 0 fully saturated rings. The highest BCUT2D eigenvalue weighted by atomic mass is 16.4. The summed E-state index contributed by atoms with van der Waals surface area (Å²) in [4.78, 5) is 10.6. The smallest absolute Gasteiger partial charge is 0.246 e. The predicted molar refractivity (Wildman–Crippen MR) is 47.8 cm³/mol. The zero-order chi connectivity index (χ0) is 9.59. The lowest BCUT2D eigenvalue weighted by Crippen LogP contribution is -1.93. The Labute approximate surface area is 75.1 Å². The number of hydrogen-bond donors (Lipinski definition) is 0. The fourth-order valence-corrected chi connectivity index (χ4v) is 1.50. The van der Waals surface area contributed by atoms with Crippen molar-refractivity contribution in [3.8, 4) is 0 Å². The molecule has 2 aromatic rings. The third kappa shape index (κ3) is 0.915. The van der Waals surface area contributed by atoms with E-state index in [0.717, 1.165) is 22.9 Å². The number of fused-ring (bicyclic) bond motifs is 1. The highest BCUT2D eigenvalue weighted by molar-refractivity contribution is 5.89. The molecule has 68 valence electrons. The van der Waals surface area contributed by atoms with Crippen molar-refractivity contribution in [2.24, 2.45) is 7.05 Å². The molecule has 0 unspecified atom stereocenters. The van der Waals surface area contributed by atoms with Crippen molar-refractivity contribution >= 4 is 17.4 Å². The lowest BCUT2D eigenvalue weighted by atomic mass is 10.2. The molecular weight excluding hydrogens is 168 g/mol. The van der Waals surface area contributed by atoms with Crippen LogP contribution in [0.25, 0.3) is 11.1 Å². The highest BCUT2D eigenvalue weighted by Crippen LogP contribution is 2.25. The molecule has 0 atom stereocenters. The average molecular weight is 178 g/mol. The van der Waals surface area contributed by atoms with Crippen LogP contribution in [-0.2, 0) is 7.05 Å². The van der Waals surface area contributed by atoms with E-state index in [1.54, 1.807) is 4.68 Å². The minimum Gasteiger partial charge on any atom is -0.433 e. The largest absolute Gasteiger partial charge is 0.433 e. The third-order valence-electron chi connectivity index (χ3n) is 2.36. The number of hydrogen-bond acceptors (Lipinski definition) is 3. The van der Waals surface area contributed by atoms with Gasteiger partial charge < -0.3 is 4.42 Å². The highest BCUT2D eigenvalue weighted by Gasteiger charge is 2.15. The minimum atomic E-state index is 0.376. The van der Waals surface area contributed by atoms with Crippen molar-refractivity contribution in [1.29, 1.82) is 0 Å². The molecule has 2 heterocycles. The van der Waals surface area contributed by atoms with Gasteiger partial charge in [0.1, 0.15) is 0 Å². The van der Waals surface area contributed by atoms with Gasteiger partial charge in [0, 0.05) is 18.3 Å². The van der Waals surface area contributed by atoms with Gasteiger partial charge in [0.05, 0.1) is 5.39 Å². The summed E-state index contributed by atoms with van der Waals surface area (Å²) in [5, 5.41) is 5.08. The summed E-state index contributed by atoms with van der Waals surface area (Å²) in [5.41, 5.74) is 2.43. The molecule has 0 saturated heterocycles. The van der Waals surface area contributed by atoms with Crippen LogP contribution in [0.3, 0.4) is 0 Å². The maximum Gasteiger partial charge on any atom is 0.246 e. The average Bonchev–Trinajstić information content (AvgIpc) is 2.54. The number of carbonyl (C=O) groups excluding carboxylic acids is 1. The van der Waals surface area contributed by atoms with E-state index in [4.69, 9.17) is 4.42 Å². The van der Waals surface area contributed by atoms with Gasteiger partial charge in [-0.15, -0.1) is 5.10 Å². The Balaban J connectivity index is 2.89. The zero-order valence-corrected chi connectivity index (χ0v) is 7.79. The van der Waals surface area contributed by atoms with E-state index < -0.39 is 0 Å². The first-order valence-electron chi connectivity index (χ1n) is 4.03. The van der Waals surface area contributed by atoms with Gasteiger partial charge in [-0.25, -0.2) is 0 Å². The fraction of sp³-hybridized carbons (Fsp3) is 0.333. The molecule has 0 aliphatic heterocycles. The molecular formula is C9H10N2O2. The van der Waals surface area contributed by atoms with Gasteiger partial charge in [0.15, 0.2) is 12.0 Å². The molecule has 0 aliphatic rings. The third-order valence-corrected chi connectivity index (χ3v) is 2.36. The molecule has 13 heavy (non-hydrogen) atoms. The van der Waals surface area contributed by atoms with E-state index in [9.17, 15) is 4.79 Å². The summed E-state index contributed by atoms with van der Waals surface area (Å²) in [6.45, 7) is 3.82. The standard InChI is InChI=1S/C9H10N2O2/c1-5-7(4-12)13-9-8(5)6(2)11(3)10-9/h4H,1-3H3. The van der Waals surface area contributed by atoms with Gasteiger partial charge in [0.2, 0.25) is 5.71 Å². The van der Waals surface area contributed by atoms with Crippen molar-refractivity contribution < 1.29 is 9.21 Å². The first kappa shape index (κ1) is 8.04. The van der Waals surface area contributed by atoms with E-state index in [0.29, 0.717) is 11.5 Å². The van der Waals surface area contributed by atoms with Crippen molar-refractivity contribution in [2.75, 3.05) is 0 Å². The molecule has 0 spiro atoms. The van der Waals surface area contributed by atoms with E-state index >= 15 is 0 Å². The van der Waals surface area contributed by atoms with Crippen molar-refractivity contribution in [3.05, 3.63) is 17.0 Å². The molecule has 0 amide bonds. The first-order valence-corrected chi connectivity index (χ1v) is 4.03. The Bertz CT molecular complexity index is 479. The minimum absolute atomic E-state index is 0.376.